The van der Waals surface area contributed by atoms with Crippen molar-refractivity contribution in [1.82, 2.24) is 4.68 Å². The quantitative estimate of drug-likeness (QED) is 0.268. The Morgan fingerprint density at radius 1 is 0.906 bits per heavy atom. The van der Waals surface area contributed by atoms with Crippen LogP contribution in [0.2, 0.25) is 0 Å². The van der Waals surface area contributed by atoms with E-state index in [4.69, 9.17) is 9.47 Å². The van der Waals surface area contributed by atoms with E-state index in [1.807, 2.05) is 35.4 Å². The predicted octanol–water partition coefficient (Wildman–Crippen LogP) is 5.58. The summed E-state index contributed by atoms with van der Waals surface area (Å²) in [5.41, 5.74) is 3.61. The Hall–Kier alpha value is -2.42. The molecule has 0 bridgehead atoms. The second-order valence-corrected chi connectivity index (χ2v) is 11.3. The van der Waals surface area contributed by atoms with Crippen molar-refractivity contribution in [3.8, 4) is 5.75 Å². The van der Waals surface area contributed by atoms with Crippen LogP contribution in [0.4, 0.5) is 0 Å². The van der Waals surface area contributed by atoms with Gasteiger partial charge in [0.25, 0.3) is 0 Å². The predicted molar refractivity (Wildman–Crippen MR) is 138 cm³/mol. The van der Waals surface area contributed by atoms with E-state index in [-0.39, 0.29) is 17.6 Å². The molecule has 4 nitrogen and oxygen atoms in total. The summed E-state index contributed by atoms with van der Waals surface area (Å²) in [5.74, 6) is 0.933. The van der Waals surface area contributed by atoms with Gasteiger partial charge in [0.05, 0.1) is 6.21 Å². The lowest BCUT2D eigenvalue weighted by atomic mass is 9.80. The molecule has 0 saturated heterocycles. The SMILES string of the molecule is COCOc1c(Pc2ccccc2C=Nn2cccc2)cc(C(C)(C)C)cc1C(C)(C)C. The average molecular weight is 451 g/mol. The summed E-state index contributed by atoms with van der Waals surface area (Å²) in [6.45, 7) is 13.7. The number of methoxy groups -OCH3 is 1. The molecule has 32 heavy (non-hydrogen) atoms. The fourth-order valence-electron chi connectivity index (χ4n) is 3.38. The Balaban J connectivity index is 2.11. The fourth-order valence-corrected chi connectivity index (χ4v) is 4.69. The van der Waals surface area contributed by atoms with Crippen LogP contribution >= 0.6 is 8.58 Å². The van der Waals surface area contributed by atoms with E-state index < -0.39 is 0 Å². The maximum absolute atomic E-state index is 6.19. The number of nitrogens with zero attached hydrogens (tertiary/aromatic N) is 2. The molecule has 170 valence electrons. The Labute approximate surface area is 194 Å². The average Bonchev–Trinajstić information content (AvgIpc) is 3.24. The van der Waals surface area contributed by atoms with E-state index in [9.17, 15) is 0 Å². The molecule has 0 N–H and O–H groups in total. The van der Waals surface area contributed by atoms with Crippen molar-refractivity contribution in [2.45, 2.75) is 52.4 Å². The smallest absolute Gasteiger partial charge is 0.188 e. The van der Waals surface area contributed by atoms with Gasteiger partial charge >= 0.3 is 0 Å². The first-order valence-electron chi connectivity index (χ1n) is 10.9. The third-order valence-corrected chi connectivity index (χ3v) is 6.60. The molecule has 1 unspecified atom stereocenters. The first-order valence-corrected chi connectivity index (χ1v) is 11.9. The number of aromatic nitrogens is 1. The highest BCUT2D eigenvalue weighted by Gasteiger charge is 2.26. The van der Waals surface area contributed by atoms with Gasteiger partial charge in [-0.15, -0.1) is 0 Å². The molecule has 0 aliphatic heterocycles. The molecule has 1 atom stereocenters. The number of hydrogen-bond acceptors (Lipinski definition) is 3. The van der Waals surface area contributed by atoms with Crippen LogP contribution in [-0.4, -0.2) is 24.8 Å². The van der Waals surface area contributed by atoms with Crippen LogP contribution in [-0.2, 0) is 15.6 Å². The molecule has 0 spiro atoms. The zero-order chi connectivity index (χ0) is 23.4. The summed E-state index contributed by atoms with van der Waals surface area (Å²) in [6.07, 6.45) is 5.79. The molecule has 1 aromatic heterocycles. The van der Waals surface area contributed by atoms with Crippen LogP contribution in [0.1, 0.15) is 58.2 Å². The van der Waals surface area contributed by atoms with E-state index in [1.54, 1.807) is 7.11 Å². The van der Waals surface area contributed by atoms with Gasteiger partial charge in [-0.05, 0) is 39.9 Å². The highest BCUT2D eigenvalue weighted by Crippen LogP contribution is 2.37. The monoisotopic (exact) mass is 450 g/mol. The van der Waals surface area contributed by atoms with Gasteiger partial charge in [0.2, 0.25) is 0 Å². The van der Waals surface area contributed by atoms with Crippen LogP contribution < -0.4 is 15.3 Å². The molecule has 3 rings (SSSR count). The van der Waals surface area contributed by atoms with Gasteiger partial charge in [-0.3, -0.25) is 0 Å². The molecule has 0 amide bonds. The van der Waals surface area contributed by atoms with Crippen molar-refractivity contribution >= 4 is 25.4 Å². The summed E-state index contributed by atoms with van der Waals surface area (Å²) < 4.78 is 13.3. The van der Waals surface area contributed by atoms with Crippen molar-refractivity contribution in [1.29, 1.82) is 0 Å². The summed E-state index contributed by atoms with van der Waals surface area (Å²) in [6, 6.07) is 17.0. The third-order valence-electron chi connectivity index (χ3n) is 5.23. The number of ether oxygens (including phenoxy) is 2. The lowest BCUT2D eigenvalue weighted by Crippen LogP contribution is -2.24. The second-order valence-electron chi connectivity index (χ2n) is 9.97. The van der Waals surface area contributed by atoms with Gasteiger partial charge in [-0.25, -0.2) is 4.68 Å². The zero-order valence-electron chi connectivity index (χ0n) is 20.3. The highest BCUT2D eigenvalue weighted by atomic mass is 31.1. The van der Waals surface area contributed by atoms with Crippen molar-refractivity contribution < 1.29 is 9.47 Å². The zero-order valence-corrected chi connectivity index (χ0v) is 21.3. The molecule has 1 heterocycles. The number of rotatable bonds is 7. The first-order chi connectivity index (χ1) is 15.1. The molecule has 0 radical (unpaired) electrons. The maximum Gasteiger partial charge on any atom is 0.188 e. The van der Waals surface area contributed by atoms with Crippen LogP contribution in [0.15, 0.2) is 66.0 Å². The van der Waals surface area contributed by atoms with Gasteiger partial charge in [0.15, 0.2) is 6.79 Å². The van der Waals surface area contributed by atoms with E-state index in [0.717, 1.165) is 11.3 Å². The molecule has 0 aliphatic carbocycles. The minimum atomic E-state index is -0.0566. The molecule has 5 heteroatoms. The van der Waals surface area contributed by atoms with E-state index in [0.29, 0.717) is 8.58 Å². The lowest BCUT2D eigenvalue weighted by molar-refractivity contribution is 0.0506. The van der Waals surface area contributed by atoms with Crippen LogP contribution in [0.25, 0.3) is 0 Å². The molecular weight excluding hydrogens is 415 g/mol. The normalized spacial score (nSPS) is 12.8. The van der Waals surface area contributed by atoms with E-state index in [2.05, 4.69) is 83.0 Å². The summed E-state index contributed by atoms with van der Waals surface area (Å²) in [4.78, 5) is 0. The Morgan fingerprint density at radius 2 is 1.59 bits per heavy atom. The Morgan fingerprint density at radius 3 is 2.22 bits per heavy atom. The lowest BCUT2D eigenvalue weighted by Gasteiger charge is -2.29. The summed E-state index contributed by atoms with van der Waals surface area (Å²) in [5, 5.41) is 7.00. The minimum absolute atomic E-state index is 0.0361. The van der Waals surface area contributed by atoms with Gasteiger partial charge in [-0.1, -0.05) is 80.5 Å². The fraction of sp³-hybridized carbons (Fsp3) is 0.370. The van der Waals surface area contributed by atoms with Crippen LogP contribution in [0.5, 0.6) is 5.75 Å². The van der Waals surface area contributed by atoms with Gasteiger partial charge < -0.3 is 9.47 Å². The van der Waals surface area contributed by atoms with Gasteiger partial charge in [0.1, 0.15) is 5.75 Å². The van der Waals surface area contributed by atoms with Crippen molar-refractivity contribution in [2.24, 2.45) is 5.10 Å². The largest absolute Gasteiger partial charge is 0.467 e. The highest BCUT2D eigenvalue weighted by molar-refractivity contribution is 7.56. The third kappa shape index (κ3) is 6.09. The van der Waals surface area contributed by atoms with E-state index >= 15 is 0 Å². The molecule has 0 saturated carbocycles. The number of hydrogen-bond donors (Lipinski definition) is 0. The minimum Gasteiger partial charge on any atom is -0.467 e. The second kappa shape index (κ2) is 10.0. The van der Waals surface area contributed by atoms with Crippen molar-refractivity contribution in [3.05, 3.63) is 77.6 Å². The van der Waals surface area contributed by atoms with E-state index in [1.165, 1.54) is 21.7 Å². The Kier molecular flexibility index (Phi) is 7.59. The van der Waals surface area contributed by atoms with Crippen LogP contribution in [0, 0.1) is 0 Å². The summed E-state index contributed by atoms with van der Waals surface area (Å²) in [7, 11) is 2.09. The maximum atomic E-state index is 6.19. The summed E-state index contributed by atoms with van der Waals surface area (Å²) >= 11 is 0. The number of benzene rings is 2. The molecular formula is C27H35N2O2P. The topological polar surface area (TPSA) is 35.8 Å². The van der Waals surface area contributed by atoms with Gasteiger partial charge in [0, 0.05) is 35.9 Å². The standard InChI is InChI=1S/C27H35N2O2P/c1-26(2,3)21-16-22(27(4,5)6)25(31-19-30-7)24(17-21)32-23-13-9-8-12-20(23)18-28-29-14-10-11-15-29/h8-18,32H,19H2,1-7H3. The van der Waals surface area contributed by atoms with Crippen molar-refractivity contribution in [3.63, 3.8) is 0 Å². The van der Waals surface area contributed by atoms with Gasteiger partial charge in [-0.2, -0.15) is 5.10 Å². The Bertz CT molecular complexity index is 1060. The van der Waals surface area contributed by atoms with Crippen molar-refractivity contribution in [2.75, 3.05) is 13.9 Å². The first kappa shape index (κ1) is 24.2. The molecule has 2 aromatic carbocycles. The molecule has 3 aromatic rings. The molecule has 0 fully saturated rings. The molecule has 0 aliphatic rings. The van der Waals surface area contributed by atoms with Crippen LogP contribution in [0.3, 0.4) is 0 Å².